The van der Waals surface area contributed by atoms with Crippen LogP contribution < -0.4 is 10.6 Å². The molecule has 19 heavy (non-hydrogen) atoms. The first-order valence-corrected chi connectivity index (χ1v) is 7.16. The lowest BCUT2D eigenvalue weighted by Crippen LogP contribution is -2.27. The lowest BCUT2D eigenvalue weighted by molar-refractivity contribution is 0.302. The van der Waals surface area contributed by atoms with E-state index in [1.807, 2.05) is 18.2 Å². The molecule has 0 saturated carbocycles. The molecule has 0 aliphatic carbocycles. The molecule has 0 spiro atoms. The molecule has 0 saturated heterocycles. The number of hydrogen-bond donors (Lipinski definition) is 2. The maximum atomic E-state index is 9.20. The van der Waals surface area contributed by atoms with E-state index in [1.165, 1.54) is 0 Å². The molecule has 3 N–H and O–H groups in total. The van der Waals surface area contributed by atoms with Crippen LogP contribution in [0.25, 0.3) is 10.9 Å². The molecule has 102 valence electrons. The second kappa shape index (κ2) is 6.21. The summed E-state index contributed by atoms with van der Waals surface area (Å²) in [5.74, 6) is 0. The minimum atomic E-state index is 0.127. The van der Waals surface area contributed by atoms with E-state index < -0.39 is 0 Å². The van der Waals surface area contributed by atoms with Crippen molar-refractivity contribution < 1.29 is 5.11 Å². The Morgan fingerprint density at radius 2 is 2.16 bits per heavy atom. The van der Waals surface area contributed by atoms with E-state index in [2.05, 4.69) is 32.7 Å². The number of aliphatic hydroxyl groups is 1. The summed E-state index contributed by atoms with van der Waals surface area (Å²) in [7, 11) is 0. The van der Waals surface area contributed by atoms with E-state index in [4.69, 9.17) is 5.73 Å². The highest BCUT2D eigenvalue weighted by atomic mass is 79.9. The van der Waals surface area contributed by atoms with Gasteiger partial charge in [-0.15, -0.1) is 0 Å². The summed E-state index contributed by atoms with van der Waals surface area (Å²) in [5.41, 5.74) is 8.63. The summed E-state index contributed by atoms with van der Waals surface area (Å²) in [6.07, 6.45) is 2.79. The van der Waals surface area contributed by atoms with Gasteiger partial charge in [0.1, 0.15) is 0 Å². The molecule has 0 aliphatic rings. The third kappa shape index (κ3) is 2.98. The molecule has 1 aromatic heterocycles. The summed E-state index contributed by atoms with van der Waals surface area (Å²) in [4.78, 5) is 6.62. The fourth-order valence-electron chi connectivity index (χ4n) is 2.20. The first-order chi connectivity index (χ1) is 9.17. The van der Waals surface area contributed by atoms with Gasteiger partial charge in [0.05, 0.1) is 17.8 Å². The van der Waals surface area contributed by atoms with Crippen molar-refractivity contribution in [2.75, 3.05) is 30.3 Å². The minimum Gasteiger partial charge on any atom is -0.398 e. The summed E-state index contributed by atoms with van der Waals surface area (Å²) in [5, 5.41) is 10.1. The first-order valence-electron chi connectivity index (χ1n) is 6.37. The lowest BCUT2D eigenvalue weighted by atomic mass is 10.1. The molecule has 2 rings (SSSR count). The highest BCUT2D eigenvalue weighted by molar-refractivity contribution is 9.10. The highest BCUT2D eigenvalue weighted by Crippen LogP contribution is 2.31. The van der Waals surface area contributed by atoms with Crippen molar-refractivity contribution in [3.63, 3.8) is 0 Å². The third-order valence-electron chi connectivity index (χ3n) is 3.03. The number of pyridine rings is 1. The van der Waals surface area contributed by atoms with Gasteiger partial charge in [-0.1, -0.05) is 6.92 Å². The van der Waals surface area contributed by atoms with Gasteiger partial charge in [0.2, 0.25) is 0 Å². The van der Waals surface area contributed by atoms with Gasteiger partial charge in [-0.2, -0.15) is 0 Å². The van der Waals surface area contributed by atoms with Gasteiger partial charge >= 0.3 is 0 Å². The molecule has 0 atom stereocenters. The summed E-state index contributed by atoms with van der Waals surface area (Å²) >= 11 is 3.42. The van der Waals surface area contributed by atoms with E-state index >= 15 is 0 Å². The van der Waals surface area contributed by atoms with Crippen molar-refractivity contribution in [3.8, 4) is 0 Å². The van der Waals surface area contributed by atoms with Crippen molar-refractivity contribution >= 4 is 38.2 Å². The van der Waals surface area contributed by atoms with E-state index in [0.29, 0.717) is 12.2 Å². The van der Waals surface area contributed by atoms with Crippen molar-refractivity contribution in [2.24, 2.45) is 0 Å². The minimum absolute atomic E-state index is 0.127. The summed E-state index contributed by atoms with van der Waals surface area (Å²) in [6.45, 7) is 3.73. The normalized spacial score (nSPS) is 10.9. The number of halogens is 1. The smallest absolute Gasteiger partial charge is 0.0956 e. The number of aliphatic hydroxyl groups excluding tert-OH is 1. The summed E-state index contributed by atoms with van der Waals surface area (Å²) in [6, 6.07) is 5.85. The zero-order valence-corrected chi connectivity index (χ0v) is 12.5. The average molecular weight is 324 g/mol. The maximum Gasteiger partial charge on any atom is 0.0956 e. The number of fused-ring (bicyclic) bond motifs is 1. The SMILES string of the molecule is CCCN(CCO)c1ccc(N)c2cc(Br)cnc12. The molecule has 4 nitrogen and oxygen atoms in total. The molecule has 5 heteroatoms. The Hall–Kier alpha value is -1.33. The van der Waals surface area contributed by atoms with Crippen LogP contribution in [0.2, 0.25) is 0 Å². The second-order valence-corrected chi connectivity index (χ2v) is 5.35. The van der Waals surface area contributed by atoms with Gasteiger partial charge < -0.3 is 15.7 Å². The van der Waals surface area contributed by atoms with Crippen LogP contribution in [0, 0.1) is 0 Å². The number of nitrogens with zero attached hydrogens (tertiary/aromatic N) is 2. The first kappa shape index (κ1) is 14.1. The molecule has 0 aliphatic heterocycles. The van der Waals surface area contributed by atoms with Crippen molar-refractivity contribution in [1.29, 1.82) is 0 Å². The summed E-state index contributed by atoms with van der Waals surface area (Å²) < 4.78 is 0.910. The molecule has 0 radical (unpaired) electrons. The van der Waals surface area contributed by atoms with Gasteiger partial charge in [-0.25, -0.2) is 0 Å². The zero-order chi connectivity index (χ0) is 13.8. The van der Waals surface area contributed by atoms with Crippen LogP contribution in [-0.4, -0.2) is 29.8 Å². The Labute approximate surface area is 121 Å². The number of rotatable bonds is 5. The van der Waals surface area contributed by atoms with Crippen LogP contribution in [0.3, 0.4) is 0 Å². The second-order valence-electron chi connectivity index (χ2n) is 4.43. The molecule has 0 unspecified atom stereocenters. The molecule has 1 aromatic carbocycles. The Morgan fingerprint density at radius 1 is 1.37 bits per heavy atom. The number of nitrogen functional groups attached to an aromatic ring is 1. The standard InChI is InChI=1S/C14H18BrN3O/c1-2-5-18(6-7-19)13-4-3-12(16)11-8-10(15)9-17-14(11)13/h3-4,8-9,19H,2,5-7,16H2,1H3. The van der Waals surface area contributed by atoms with Crippen LogP contribution in [0.1, 0.15) is 13.3 Å². The Kier molecular flexibility index (Phi) is 4.61. The van der Waals surface area contributed by atoms with E-state index in [9.17, 15) is 5.11 Å². The molecule has 0 amide bonds. The van der Waals surface area contributed by atoms with Gasteiger partial charge in [0.15, 0.2) is 0 Å². The van der Waals surface area contributed by atoms with Crippen LogP contribution >= 0.6 is 15.9 Å². The lowest BCUT2D eigenvalue weighted by Gasteiger charge is -2.24. The Morgan fingerprint density at radius 3 is 2.84 bits per heavy atom. The van der Waals surface area contributed by atoms with Crippen molar-refractivity contribution in [1.82, 2.24) is 4.98 Å². The fourth-order valence-corrected chi connectivity index (χ4v) is 2.53. The maximum absolute atomic E-state index is 9.20. The molecule has 0 bridgehead atoms. The quantitative estimate of drug-likeness (QED) is 0.830. The predicted molar refractivity (Wildman–Crippen MR) is 83.4 cm³/mol. The van der Waals surface area contributed by atoms with Gasteiger partial charge in [0.25, 0.3) is 0 Å². The monoisotopic (exact) mass is 323 g/mol. The van der Waals surface area contributed by atoms with Crippen molar-refractivity contribution in [2.45, 2.75) is 13.3 Å². The van der Waals surface area contributed by atoms with E-state index in [0.717, 1.165) is 34.0 Å². The number of anilines is 2. The van der Waals surface area contributed by atoms with Crippen molar-refractivity contribution in [3.05, 3.63) is 28.9 Å². The van der Waals surface area contributed by atoms with E-state index in [1.54, 1.807) is 6.20 Å². The third-order valence-corrected chi connectivity index (χ3v) is 3.47. The largest absolute Gasteiger partial charge is 0.398 e. The number of nitrogens with two attached hydrogens (primary N) is 1. The topological polar surface area (TPSA) is 62.4 Å². The molecular formula is C14H18BrN3O. The van der Waals surface area contributed by atoms with Gasteiger partial charge in [0, 0.05) is 34.8 Å². The van der Waals surface area contributed by atoms with Gasteiger partial charge in [-0.3, -0.25) is 4.98 Å². The van der Waals surface area contributed by atoms with Crippen LogP contribution in [0.15, 0.2) is 28.9 Å². The number of aromatic nitrogens is 1. The molecule has 2 aromatic rings. The van der Waals surface area contributed by atoms with Gasteiger partial charge in [-0.05, 0) is 40.5 Å². The molecule has 0 fully saturated rings. The zero-order valence-electron chi connectivity index (χ0n) is 10.9. The fraction of sp³-hybridized carbons (Fsp3) is 0.357. The van der Waals surface area contributed by atoms with Crippen LogP contribution in [0.5, 0.6) is 0 Å². The highest BCUT2D eigenvalue weighted by Gasteiger charge is 2.12. The Balaban J connectivity index is 2.56. The number of hydrogen-bond acceptors (Lipinski definition) is 4. The number of benzene rings is 1. The van der Waals surface area contributed by atoms with E-state index in [-0.39, 0.29) is 6.61 Å². The molecule has 1 heterocycles. The average Bonchev–Trinajstić information content (AvgIpc) is 2.40. The molecular weight excluding hydrogens is 306 g/mol. The predicted octanol–water partition coefficient (Wildman–Crippen LogP) is 2.79. The van der Waals surface area contributed by atoms with Crippen LogP contribution in [-0.2, 0) is 0 Å². The Bertz CT molecular complexity index is 568. The van der Waals surface area contributed by atoms with Crippen LogP contribution in [0.4, 0.5) is 11.4 Å².